The van der Waals surface area contributed by atoms with E-state index in [0.717, 1.165) is 11.1 Å². The van der Waals surface area contributed by atoms with Gasteiger partial charge in [-0.25, -0.2) is 0 Å². The van der Waals surface area contributed by atoms with E-state index in [4.69, 9.17) is 0 Å². The highest BCUT2D eigenvalue weighted by Gasteiger charge is 1.84. The fourth-order valence-corrected chi connectivity index (χ4v) is 1.10. The fraction of sp³-hybridized carbons (Fsp3) is 0.0667. The summed E-state index contributed by atoms with van der Waals surface area (Å²) in [5, 5.41) is 2.93. The van der Waals surface area contributed by atoms with Crippen molar-refractivity contribution < 1.29 is 0 Å². The molecule has 0 aliphatic carbocycles. The fourth-order valence-electron chi connectivity index (χ4n) is 1.10. The summed E-state index contributed by atoms with van der Waals surface area (Å²) in [5.41, 5.74) is 1.93. The summed E-state index contributed by atoms with van der Waals surface area (Å²) in [5.74, 6) is 6.18. The average Bonchev–Trinajstić information content (AvgIpc) is 2.34. The third-order valence-electron chi connectivity index (χ3n) is 1.85. The Bertz CT molecular complexity index is 441. The average molecular weight is 209 g/mol. The normalized spacial score (nSPS) is 10.7. The summed E-state index contributed by atoms with van der Waals surface area (Å²) in [4.78, 5) is 0. The molecule has 0 aromatic heterocycles. The predicted molar refractivity (Wildman–Crippen MR) is 69.8 cm³/mol. The first kappa shape index (κ1) is 11.9. The molecule has 0 saturated heterocycles. The van der Waals surface area contributed by atoms with E-state index in [1.165, 1.54) is 0 Å². The minimum Gasteiger partial charge on any atom is -0.394 e. The molecule has 0 saturated carbocycles. The van der Waals surface area contributed by atoms with Crippen LogP contribution >= 0.6 is 0 Å². The van der Waals surface area contributed by atoms with E-state index in [-0.39, 0.29) is 0 Å². The van der Waals surface area contributed by atoms with Gasteiger partial charge in [-0.1, -0.05) is 42.7 Å². The second-order valence-corrected chi connectivity index (χ2v) is 3.10. The molecule has 0 aliphatic rings. The molecule has 0 bridgehead atoms. The molecule has 0 unspecified atom stereocenters. The van der Waals surface area contributed by atoms with Crippen molar-refractivity contribution in [3.05, 3.63) is 72.5 Å². The minimum absolute atomic E-state index is 0.924. The summed E-state index contributed by atoms with van der Waals surface area (Å²) in [7, 11) is 1.85. The SMILES string of the molecule is C=C/C=C(C#Cc1ccccc1)\C=C/NC. The van der Waals surface area contributed by atoms with Crippen LogP contribution in [0.2, 0.25) is 0 Å². The number of hydrogen-bond acceptors (Lipinski definition) is 1. The zero-order valence-electron chi connectivity index (χ0n) is 9.40. The van der Waals surface area contributed by atoms with Crippen molar-refractivity contribution in [2.24, 2.45) is 0 Å². The van der Waals surface area contributed by atoms with E-state index >= 15 is 0 Å². The molecule has 0 amide bonds. The van der Waals surface area contributed by atoms with Crippen molar-refractivity contribution >= 4 is 0 Å². The van der Waals surface area contributed by atoms with Gasteiger partial charge in [0.2, 0.25) is 0 Å². The highest BCUT2D eigenvalue weighted by Crippen LogP contribution is 1.98. The van der Waals surface area contributed by atoms with Gasteiger partial charge in [-0.3, -0.25) is 0 Å². The molecule has 0 spiro atoms. The monoisotopic (exact) mass is 209 g/mol. The summed E-state index contributed by atoms with van der Waals surface area (Å²) in [6.45, 7) is 3.67. The Labute approximate surface area is 97.2 Å². The second-order valence-electron chi connectivity index (χ2n) is 3.10. The molecule has 1 heteroatoms. The van der Waals surface area contributed by atoms with Crippen LogP contribution in [0.5, 0.6) is 0 Å². The first-order valence-corrected chi connectivity index (χ1v) is 5.10. The summed E-state index contributed by atoms with van der Waals surface area (Å²) in [6.07, 6.45) is 7.37. The zero-order valence-corrected chi connectivity index (χ0v) is 9.40. The van der Waals surface area contributed by atoms with E-state index in [2.05, 4.69) is 23.7 Å². The first-order chi connectivity index (χ1) is 7.86. The van der Waals surface area contributed by atoms with Crippen LogP contribution in [0.1, 0.15) is 5.56 Å². The quantitative estimate of drug-likeness (QED) is 0.596. The van der Waals surface area contributed by atoms with Gasteiger partial charge >= 0.3 is 0 Å². The molecular formula is C15H15N. The summed E-state index contributed by atoms with van der Waals surface area (Å²) >= 11 is 0. The van der Waals surface area contributed by atoms with Crippen LogP contribution < -0.4 is 5.32 Å². The van der Waals surface area contributed by atoms with Crippen LogP contribution in [-0.2, 0) is 0 Å². The van der Waals surface area contributed by atoms with Gasteiger partial charge in [-0.15, -0.1) is 0 Å². The number of rotatable bonds is 3. The lowest BCUT2D eigenvalue weighted by atomic mass is 10.2. The van der Waals surface area contributed by atoms with Crippen molar-refractivity contribution in [3.63, 3.8) is 0 Å². The van der Waals surface area contributed by atoms with Crippen molar-refractivity contribution in [1.82, 2.24) is 5.32 Å². The number of hydrogen-bond donors (Lipinski definition) is 1. The number of benzene rings is 1. The van der Waals surface area contributed by atoms with Crippen LogP contribution in [0.4, 0.5) is 0 Å². The van der Waals surface area contributed by atoms with E-state index in [9.17, 15) is 0 Å². The molecule has 1 aromatic carbocycles. The molecule has 1 nitrogen and oxygen atoms in total. The number of allylic oxidation sites excluding steroid dienone is 4. The van der Waals surface area contributed by atoms with E-state index in [1.54, 1.807) is 6.08 Å². The molecule has 0 heterocycles. The van der Waals surface area contributed by atoms with E-state index in [1.807, 2.05) is 55.7 Å². The maximum atomic E-state index is 3.67. The molecule has 1 N–H and O–H groups in total. The highest BCUT2D eigenvalue weighted by atomic mass is 14.8. The van der Waals surface area contributed by atoms with Crippen LogP contribution in [0.25, 0.3) is 0 Å². The molecule has 1 aromatic rings. The van der Waals surface area contributed by atoms with Gasteiger partial charge in [-0.05, 0) is 30.5 Å². The van der Waals surface area contributed by atoms with Crippen LogP contribution in [0.3, 0.4) is 0 Å². The standard InChI is InChI=1S/C15H15N/c1-3-7-14(12-13-16-2)10-11-15-8-5-4-6-9-15/h3-9,12-13,16H,1H2,2H3/b13-12-,14-7-. The summed E-state index contributed by atoms with van der Waals surface area (Å²) < 4.78 is 0. The molecule has 16 heavy (non-hydrogen) atoms. The first-order valence-electron chi connectivity index (χ1n) is 5.10. The molecule has 80 valence electrons. The third kappa shape index (κ3) is 4.34. The molecule has 1 rings (SSSR count). The minimum atomic E-state index is 0.924. The Kier molecular flexibility index (Phi) is 5.30. The highest BCUT2D eigenvalue weighted by molar-refractivity contribution is 5.45. The molecular weight excluding hydrogens is 194 g/mol. The second kappa shape index (κ2) is 7.14. The molecule has 0 aliphatic heterocycles. The van der Waals surface area contributed by atoms with Gasteiger partial charge in [0.15, 0.2) is 0 Å². The Morgan fingerprint density at radius 2 is 2.06 bits per heavy atom. The van der Waals surface area contributed by atoms with Crippen LogP contribution in [0, 0.1) is 11.8 Å². The molecule has 0 fully saturated rings. The van der Waals surface area contributed by atoms with Gasteiger partial charge in [0.1, 0.15) is 0 Å². The van der Waals surface area contributed by atoms with Gasteiger partial charge in [-0.2, -0.15) is 0 Å². The van der Waals surface area contributed by atoms with Crippen LogP contribution in [-0.4, -0.2) is 7.05 Å². The van der Waals surface area contributed by atoms with Gasteiger partial charge in [0.05, 0.1) is 0 Å². The lowest BCUT2D eigenvalue weighted by molar-refractivity contribution is 1.10. The third-order valence-corrected chi connectivity index (χ3v) is 1.85. The lowest BCUT2D eigenvalue weighted by Crippen LogP contribution is -1.91. The Morgan fingerprint density at radius 1 is 1.31 bits per heavy atom. The van der Waals surface area contributed by atoms with Crippen molar-refractivity contribution in [1.29, 1.82) is 0 Å². The van der Waals surface area contributed by atoms with Crippen LogP contribution in [0.15, 0.2) is 66.9 Å². The Hall–Kier alpha value is -2.20. The lowest BCUT2D eigenvalue weighted by Gasteiger charge is -1.90. The molecule has 0 radical (unpaired) electrons. The van der Waals surface area contributed by atoms with E-state index < -0.39 is 0 Å². The topological polar surface area (TPSA) is 12.0 Å². The number of nitrogens with one attached hydrogen (secondary N) is 1. The molecule has 0 atom stereocenters. The largest absolute Gasteiger partial charge is 0.394 e. The predicted octanol–water partition coefficient (Wildman–Crippen LogP) is 2.88. The van der Waals surface area contributed by atoms with E-state index in [0.29, 0.717) is 0 Å². The zero-order chi connectivity index (χ0) is 11.6. The maximum Gasteiger partial charge on any atom is 0.0263 e. The van der Waals surface area contributed by atoms with Gasteiger partial charge in [0.25, 0.3) is 0 Å². The van der Waals surface area contributed by atoms with Crippen molar-refractivity contribution in [3.8, 4) is 11.8 Å². The van der Waals surface area contributed by atoms with Gasteiger partial charge < -0.3 is 5.32 Å². The Balaban J connectivity index is 2.84. The van der Waals surface area contributed by atoms with Crippen molar-refractivity contribution in [2.45, 2.75) is 0 Å². The van der Waals surface area contributed by atoms with Gasteiger partial charge in [0, 0.05) is 18.2 Å². The Morgan fingerprint density at radius 3 is 2.69 bits per heavy atom. The summed E-state index contributed by atoms with van der Waals surface area (Å²) in [6, 6.07) is 9.90. The smallest absolute Gasteiger partial charge is 0.0263 e. The van der Waals surface area contributed by atoms with Crippen molar-refractivity contribution in [2.75, 3.05) is 7.05 Å². The maximum absolute atomic E-state index is 3.67.